The molecule has 0 amide bonds. The Morgan fingerprint density at radius 1 is 1.05 bits per heavy atom. The van der Waals surface area contributed by atoms with Crippen molar-refractivity contribution in [3.05, 3.63) is 87.2 Å². The molecule has 0 unspecified atom stereocenters. The van der Waals surface area contributed by atoms with Gasteiger partial charge in [0.1, 0.15) is 34.7 Å². The number of aromatic nitrogens is 3. The summed E-state index contributed by atoms with van der Waals surface area (Å²) in [7, 11) is 2.97. The number of hydrogen-bond acceptors (Lipinski definition) is 11. The minimum Gasteiger partial charge on any atom is -0.481 e. The van der Waals surface area contributed by atoms with E-state index in [0.717, 1.165) is 11.1 Å². The number of fused-ring (bicyclic) bond motifs is 2. The van der Waals surface area contributed by atoms with Crippen LogP contribution in [0.15, 0.2) is 58.1 Å². The van der Waals surface area contributed by atoms with Crippen molar-refractivity contribution >= 4 is 28.5 Å². The standard InChI is InChI=1S/C42H41ClF3N7O6/c1-48-38-31-17-34(58-36(31)24(18-47)20-53(38)16-15-51-13-11-23(19-51)41(55)56)30-8-4-7-29(35(30)43)26-5-3-6-28-27(26)9-10-33(28)59-40-37(42(44,45)46)49-32(39(50-40)57-2)22-52-14-12-25(54)21-52/h3-8,17,20,23,25,33,54H,9-16,19,21-22H2,1-2H3,(H,55,56)/t23-,25-,33+/m1/s1. The molecular weight excluding hydrogens is 791 g/mol. The van der Waals surface area contributed by atoms with Crippen LogP contribution in [0.4, 0.5) is 13.2 Å². The lowest BCUT2D eigenvalue weighted by Gasteiger charge is -2.21. The number of methoxy groups -OCH3 is 1. The van der Waals surface area contributed by atoms with E-state index in [9.17, 15) is 33.4 Å². The summed E-state index contributed by atoms with van der Waals surface area (Å²) in [6.45, 7) is 3.07. The van der Waals surface area contributed by atoms with Gasteiger partial charge < -0.3 is 33.6 Å². The zero-order chi connectivity index (χ0) is 41.6. The average Bonchev–Trinajstić information content (AvgIpc) is 4.04. The molecule has 2 fully saturated rings. The summed E-state index contributed by atoms with van der Waals surface area (Å²) in [4.78, 5) is 28.1. The molecule has 3 aromatic heterocycles. The maximum absolute atomic E-state index is 14.5. The molecule has 2 aliphatic heterocycles. The van der Waals surface area contributed by atoms with Gasteiger partial charge in [-0.05, 0) is 61.1 Å². The number of aliphatic hydroxyl groups is 1. The summed E-state index contributed by atoms with van der Waals surface area (Å²) >= 11 is 7.19. The first-order valence-corrected chi connectivity index (χ1v) is 19.7. The summed E-state index contributed by atoms with van der Waals surface area (Å²) in [5.41, 5.74) is 3.61. The molecule has 2 saturated heterocycles. The topological polar surface area (TPSA) is 162 Å². The van der Waals surface area contributed by atoms with Gasteiger partial charge in [0.25, 0.3) is 0 Å². The van der Waals surface area contributed by atoms with Crippen LogP contribution in [0.1, 0.15) is 53.4 Å². The first-order chi connectivity index (χ1) is 28.4. The number of pyridine rings is 1. The van der Waals surface area contributed by atoms with Crippen LogP contribution in [0.5, 0.6) is 11.8 Å². The number of benzene rings is 2. The van der Waals surface area contributed by atoms with E-state index in [1.54, 1.807) is 18.1 Å². The molecular formula is C42H41ClF3N7O6. The number of carbonyl (C=O) groups is 1. The van der Waals surface area contributed by atoms with Crippen LogP contribution in [0.3, 0.4) is 0 Å². The van der Waals surface area contributed by atoms with E-state index in [2.05, 4.69) is 25.9 Å². The maximum atomic E-state index is 14.5. The van der Waals surface area contributed by atoms with Crippen molar-refractivity contribution in [3.63, 3.8) is 0 Å². The Morgan fingerprint density at radius 3 is 2.51 bits per heavy atom. The zero-order valence-electron chi connectivity index (χ0n) is 32.3. The van der Waals surface area contributed by atoms with Gasteiger partial charge in [0.05, 0.1) is 29.5 Å². The predicted octanol–water partition coefficient (Wildman–Crippen LogP) is 6.48. The summed E-state index contributed by atoms with van der Waals surface area (Å²) in [6, 6.07) is 15.1. The Hall–Kier alpha value is -5.47. The van der Waals surface area contributed by atoms with E-state index < -0.39 is 41.8 Å². The SMILES string of the molecule is CN=c1c2cc(-c3cccc(-c4cccc5c4CC[C@@H]5Oc4nc(OC)c(CN5CC[C@@H](O)C5)nc4C(F)(F)F)c3Cl)oc2c(C#N)cn1CCN1CC[C@@H](C(=O)O)C1. The van der Waals surface area contributed by atoms with Crippen molar-refractivity contribution < 1.29 is 42.1 Å². The third-order valence-corrected chi connectivity index (χ3v) is 11.8. The number of ether oxygens (including phenoxy) is 2. The Morgan fingerprint density at radius 2 is 1.81 bits per heavy atom. The zero-order valence-corrected chi connectivity index (χ0v) is 33.1. The second kappa shape index (κ2) is 16.3. The molecule has 0 spiro atoms. The quantitative estimate of drug-likeness (QED) is 0.150. The fraction of sp³-hybridized carbons (Fsp3) is 0.405. The summed E-state index contributed by atoms with van der Waals surface area (Å²) in [5, 5.41) is 30.5. The van der Waals surface area contributed by atoms with E-state index in [0.29, 0.717) is 114 Å². The van der Waals surface area contributed by atoms with E-state index in [1.807, 2.05) is 47.0 Å². The Balaban J connectivity index is 1.09. The first-order valence-electron chi connectivity index (χ1n) is 19.3. The molecule has 59 heavy (non-hydrogen) atoms. The minimum atomic E-state index is -4.86. The van der Waals surface area contributed by atoms with Crippen molar-refractivity contribution in [1.29, 1.82) is 5.26 Å². The molecule has 1 aliphatic carbocycles. The molecule has 2 aromatic carbocycles. The number of hydrogen-bond donors (Lipinski definition) is 2. The lowest BCUT2D eigenvalue weighted by molar-refractivity contribution is -0.144. The van der Waals surface area contributed by atoms with Crippen LogP contribution in [0, 0.1) is 17.2 Å². The molecule has 308 valence electrons. The molecule has 8 rings (SSSR count). The van der Waals surface area contributed by atoms with Crippen LogP contribution in [-0.2, 0) is 30.5 Å². The van der Waals surface area contributed by atoms with Crippen LogP contribution < -0.4 is 15.0 Å². The number of β-amino-alcohol motifs (C(OH)–C–C–N with tert-alkyl or cyclic N) is 1. The first kappa shape index (κ1) is 40.3. The van der Waals surface area contributed by atoms with Crippen LogP contribution in [-0.4, -0.2) is 93.5 Å². The number of carboxylic acids is 1. The summed E-state index contributed by atoms with van der Waals surface area (Å²) in [6.07, 6.45) is -2.51. The minimum absolute atomic E-state index is 0.00693. The number of likely N-dealkylation sites (tertiary alicyclic amines) is 2. The van der Waals surface area contributed by atoms with Gasteiger partial charge in [-0.15, -0.1) is 0 Å². The van der Waals surface area contributed by atoms with Gasteiger partial charge in [-0.3, -0.25) is 14.7 Å². The van der Waals surface area contributed by atoms with E-state index in [1.165, 1.54) is 7.11 Å². The van der Waals surface area contributed by atoms with Crippen molar-refractivity contribution in [2.45, 2.75) is 57.2 Å². The third kappa shape index (κ3) is 7.87. The second-order valence-electron chi connectivity index (χ2n) is 15.1. The van der Waals surface area contributed by atoms with Gasteiger partial charge in [-0.25, -0.2) is 4.98 Å². The predicted molar refractivity (Wildman–Crippen MR) is 210 cm³/mol. The molecule has 3 aliphatic rings. The van der Waals surface area contributed by atoms with Gasteiger partial charge in [0.15, 0.2) is 5.58 Å². The smallest absolute Gasteiger partial charge is 0.438 e. The highest BCUT2D eigenvalue weighted by Crippen LogP contribution is 2.46. The molecule has 2 N–H and O–H groups in total. The molecule has 5 aromatic rings. The average molecular weight is 832 g/mol. The number of aliphatic carboxylic acids is 1. The monoisotopic (exact) mass is 831 g/mol. The number of alkyl halides is 3. The number of rotatable bonds is 11. The number of nitrogens with zero attached hydrogens (tertiary/aromatic N) is 7. The van der Waals surface area contributed by atoms with Crippen molar-refractivity contribution in [1.82, 2.24) is 24.3 Å². The largest absolute Gasteiger partial charge is 0.481 e. The summed E-state index contributed by atoms with van der Waals surface area (Å²) in [5.74, 6) is -1.53. The van der Waals surface area contributed by atoms with Gasteiger partial charge in [-0.2, -0.15) is 23.4 Å². The fourth-order valence-electron chi connectivity index (χ4n) is 8.50. The maximum Gasteiger partial charge on any atom is 0.438 e. The van der Waals surface area contributed by atoms with E-state index in [4.69, 9.17) is 25.5 Å². The van der Waals surface area contributed by atoms with E-state index in [-0.39, 0.29) is 18.1 Å². The Bertz CT molecular complexity index is 2550. The Labute approximate surface area is 341 Å². The van der Waals surface area contributed by atoms with Crippen molar-refractivity contribution in [2.75, 3.05) is 46.9 Å². The number of aliphatic hydroxyl groups excluding tert-OH is 1. The van der Waals surface area contributed by atoms with Crippen molar-refractivity contribution in [2.24, 2.45) is 10.9 Å². The molecule has 0 bridgehead atoms. The lowest BCUT2D eigenvalue weighted by atomic mass is 9.95. The molecule has 5 heterocycles. The molecule has 0 radical (unpaired) electrons. The second-order valence-corrected chi connectivity index (χ2v) is 15.4. The molecule has 0 saturated carbocycles. The summed E-state index contributed by atoms with van der Waals surface area (Å²) < 4.78 is 63.1. The number of halogens is 4. The van der Waals surface area contributed by atoms with E-state index >= 15 is 0 Å². The highest BCUT2D eigenvalue weighted by molar-refractivity contribution is 6.36. The molecule has 3 atom stereocenters. The van der Waals surface area contributed by atoms with Gasteiger partial charge in [-0.1, -0.05) is 41.9 Å². The van der Waals surface area contributed by atoms with Crippen LogP contribution in [0.2, 0.25) is 5.02 Å². The fourth-order valence-corrected chi connectivity index (χ4v) is 8.82. The van der Waals surface area contributed by atoms with Gasteiger partial charge in [0.2, 0.25) is 17.5 Å². The number of nitriles is 1. The molecule has 17 heteroatoms. The van der Waals surface area contributed by atoms with Gasteiger partial charge >= 0.3 is 12.1 Å². The number of furan rings is 1. The highest BCUT2D eigenvalue weighted by atomic mass is 35.5. The normalized spacial score (nSPS) is 20.0. The molecule has 13 nitrogen and oxygen atoms in total. The number of carboxylic acid groups (broad SMARTS) is 1. The van der Waals surface area contributed by atoms with Crippen molar-refractivity contribution in [3.8, 4) is 40.3 Å². The van der Waals surface area contributed by atoms with Crippen LogP contribution in [0.25, 0.3) is 33.4 Å². The highest BCUT2D eigenvalue weighted by Gasteiger charge is 2.41. The van der Waals surface area contributed by atoms with Gasteiger partial charge in [0, 0.05) is 63.6 Å². The third-order valence-electron chi connectivity index (χ3n) is 11.4. The van der Waals surface area contributed by atoms with Crippen LogP contribution >= 0.6 is 11.6 Å². The Kier molecular flexibility index (Phi) is 11.1. The lowest BCUT2D eigenvalue weighted by Crippen LogP contribution is -2.31.